The van der Waals surface area contributed by atoms with Crippen LogP contribution in [0.1, 0.15) is 26.7 Å². The van der Waals surface area contributed by atoms with E-state index in [1.54, 1.807) is 7.11 Å². The van der Waals surface area contributed by atoms with E-state index in [-0.39, 0.29) is 5.69 Å². The first-order valence-corrected chi connectivity index (χ1v) is 8.09. The summed E-state index contributed by atoms with van der Waals surface area (Å²) in [7, 11) is 1.64. The number of aromatic amines is 1. The number of fused-ring (bicyclic) bond motifs is 1. The van der Waals surface area contributed by atoms with Gasteiger partial charge in [-0.05, 0) is 51.3 Å². The number of piperidine rings is 1. The topological polar surface area (TPSA) is 50.3 Å². The molecule has 0 aliphatic carbocycles. The lowest BCUT2D eigenvalue weighted by Gasteiger charge is -2.35. The van der Waals surface area contributed by atoms with Crippen LogP contribution in [0.25, 0.3) is 11.0 Å². The summed E-state index contributed by atoms with van der Waals surface area (Å²) in [6.07, 6.45) is 2.41. The maximum atomic E-state index is 12.3. The maximum Gasteiger partial charge on any atom is 0.326 e. The van der Waals surface area contributed by atoms with Crippen molar-refractivity contribution in [3.05, 3.63) is 28.7 Å². The second-order valence-corrected chi connectivity index (χ2v) is 6.52. The van der Waals surface area contributed by atoms with Crippen LogP contribution in [0.15, 0.2) is 23.0 Å². The molecule has 2 heterocycles. The number of imidazole rings is 1. The number of nitrogens with one attached hydrogen (secondary N) is 1. The lowest BCUT2D eigenvalue weighted by atomic mass is 9.97. The quantitative estimate of drug-likeness (QED) is 0.944. The largest absolute Gasteiger partial charge is 0.497 e. The molecule has 5 nitrogen and oxygen atoms in total. The fourth-order valence-corrected chi connectivity index (χ4v) is 3.42. The van der Waals surface area contributed by atoms with Crippen molar-refractivity contribution in [1.29, 1.82) is 0 Å². The molecule has 0 radical (unpaired) electrons. The van der Waals surface area contributed by atoms with Crippen molar-refractivity contribution >= 4 is 11.0 Å². The summed E-state index contributed by atoms with van der Waals surface area (Å²) in [5.74, 6) is 1.31. The van der Waals surface area contributed by atoms with E-state index in [9.17, 15) is 4.79 Å². The number of likely N-dealkylation sites (tertiary alicyclic amines) is 1. The third-order valence-electron chi connectivity index (χ3n) is 4.70. The van der Waals surface area contributed by atoms with Gasteiger partial charge in [0.05, 0.1) is 18.1 Å². The zero-order valence-electron chi connectivity index (χ0n) is 13.6. The molecule has 2 aromatic rings. The SMILES string of the molecule is COc1ccc2c(c1)[nH]c(=O)n2CC1CCCN(C(C)C)C1. The Kier molecular flexibility index (Phi) is 4.25. The molecule has 5 heteroatoms. The number of rotatable bonds is 4. The van der Waals surface area contributed by atoms with Gasteiger partial charge in [-0.25, -0.2) is 4.79 Å². The molecule has 1 atom stereocenters. The second-order valence-electron chi connectivity index (χ2n) is 6.52. The van der Waals surface area contributed by atoms with Gasteiger partial charge in [-0.2, -0.15) is 0 Å². The summed E-state index contributed by atoms with van der Waals surface area (Å²) in [5.41, 5.74) is 1.79. The zero-order chi connectivity index (χ0) is 15.7. The van der Waals surface area contributed by atoms with Gasteiger partial charge in [0.1, 0.15) is 5.75 Å². The van der Waals surface area contributed by atoms with E-state index < -0.39 is 0 Å². The van der Waals surface area contributed by atoms with E-state index in [1.807, 2.05) is 22.8 Å². The standard InChI is InChI=1S/C17H25N3O2/c1-12(2)19-8-4-5-13(10-19)11-20-16-7-6-14(22-3)9-15(16)18-17(20)21/h6-7,9,12-13H,4-5,8,10-11H2,1-3H3,(H,18,21). The molecule has 0 spiro atoms. The van der Waals surface area contributed by atoms with Gasteiger partial charge in [-0.15, -0.1) is 0 Å². The zero-order valence-corrected chi connectivity index (χ0v) is 13.6. The highest BCUT2D eigenvalue weighted by Gasteiger charge is 2.23. The molecular formula is C17H25N3O2. The number of H-pyrrole nitrogens is 1. The minimum atomic E-state index is -0.0232. The summed E-state index contributed by atoms with van der Waals surface area (Å²) >= 11 is 0. The monoisotopic (exact) mass is 303 g/mol. The van der Waals surface area contributed by atoms with Crippen LogP contribution < -0.4 is 10.4 Å². The van der Waals surface area contributed by atoms with Gasteiger partial charge in [0.25, 0.3) is 0 Å². The Labute approximate surface area is 130 Å². The summed E-state index contributed by atoms with van der Waals surface area (Å²) in [6, 6.07) is 6.34. The number of ether oxygens (including phenoxy) is 1. The molecule has 1 fully saturated rings. The van der Waals surface area contributed by atoms with Crippen LogP contribution in [0, 0.1) is 5.92 Å². The number of nitrogens with zero attached hydrogens (tertiary/aromatic N) is 2. The molecule has 3 rings (SSSR count). The summed E-state index contributed by atoms with van der Waals surface area (Å²) in [5, 5.41) is 0. The van der Waals surface area contributed by atoms with E-state index in [0.29, 0.717) is 12.0 Å². The fraction of sp³-hybridized carbons (Fsp3) is 0.588. The number of hydrogen-bond donors (Lipinski definition) is 1. The molecule has 1 unspecified atom stereocenters. The molecule has 1 aliphatic heterocycles. The molecule has 120 valence electrons. The Morgan fingerprint density at radius 1 is 1.41 bits per heavy atom. The van der Waals surface area contributed by atoms with E-state index in [4.69, 9.17) is 4.74 Å². The minimum Gasteiger partial charge on any atom is -0.497 e. The Morgan fingerprint density at radius 2 is 2.23 bits per heavy atom. The van der Waals surface area contributed by atoms with Crippen LogP contribution in [0.4, 0.5) is 0 Å². The molecule has 1 aromatic heterocycles. The van der Waals surface area contributed by atoms with Crippen molar-refractivity contribution in [2.24, 2.45) is 5.92 Å². The van der Waals surface area contributed by atoms with Crippen LogP contribution in [-0.4, -0.2) is 40.7 Å². The lowest BCUT2D eigenvalue weighted by Crippen LogP contribution is -2.41. The first-order valence-electron chi connectivity index (χ1n) is 8.09. The van der Waals surface area contributed by atoms with Gasteiger partial charge >= 0.3 is 5.69 Å². The van der Waals surface area contributed by atoms with Crippen molar-refractivity contribution in [2.75, 3.05) is 20.2 Å². The van der Waals surface area contributed by atoms with Crippen LogP contribution in [0.5, 0.6) is 5.75 Å². The van der Waals surface area contributed by atoms with Crippen LogP contribution >= 0.6 is 0 Å². The van der Waals surface area contributed by atoms with Gasteiger partial charge in [0, 0.05) is 25.2 Å². The molecule has 0 amide bonds. The highest BCUT2D eigenvalue weighted by atomic mass is 16.5. The molecular weight excluding hydrogens is 278 g/mol. The van der Waals surface area contributed by atoms with E-state index in [2.05, 4.69) is 23.7 Å². The van der Waals surface area contributed by atoms with Crippen molar-refractivity contribution in [2.45, 2.75) is 39.3 Å². The second kappa shape index (κ2) is 6.16. The molecule has 1 aromatic carbocycles. The number of hydrogen-bond acceptors (Lipinski definition) is 3. The Balaban J connectivity index is 1.84. The average Bonchev–Trinajstić information content (AvgIpc) is 2.82. The first kappa shape index (κ1) is 15.2. The molecule has 0 saturated carbocycles. The van der Waals surface area contributed by atoms with Crippen LogP contribution in [-0.2, 0) is 6.54 Å². The van der Waals surface area contributed by atoms with Gasteiger partial charge in [-0.1, -0.05) is 0 Å². The predicted molar refractivity (Wildman–Crippen MR) is 88.5 cm³/mol. The predicted octanol–water partition coefficient (Wildman–Crippen LogP) is 2.46. The lowest BCUT2D eigenvalue weighted by molar-refractivity contribution is 0.131. The van der Waals surface area contributed by atoms with Crippen LogP contribution in [0.2, 0.25) is 0 Å². The van der Waals surface area contributed by atoms with E-state index >= 15 is 0 Å². The number of benzene rings is 1. The molecule has 1 N–H and O–H groups in total. The highest BCUT2D eigenvalue weighted by molar-refractivity contribution is 5.76. The maximum absolute atomic E-state index is 12.3. The number of methoxy groups -OCH3 is 1. The Morgan fingerprint density at radius 3 is 2.95 bits per heavy atom. The van der Waals surface area contributed by atoms with Gasteiger partial charge in [-0.3, -0.25) is 4.57 Å². The molecule has 1 saturated heterocycles. The fourth-order valence-electron chi connectivity index (χ4n) is 3.42. The van der Waals surface area contributed by atoms with Gasteiger partial charge < -0.3 is 14.6 Å². The normalized spacial score (nSPS) is 19.9. The average molecular weight is 303 g/mol. The Hall–Kier alpha value is -1.75. The van der Waals surface area contributed by atoms with Crippen molar-refractivity contribution < 1.29 is 4.74 Å². The Bertz CT molecular complexity index is 701. The van der Waals surface area contributed by atoms with Gasteiger partial charge in [0.2, 0.25) is 0 Å². The summed E-state index contributed by atoms with van der Waals surface area (Å²) in [6.45, 7) is 7.52. The number of aromatic nitrogens is 2. The molecule has 0 bridgehead atoms. The molecule has 1 aliphatic rings. The van der Waals surface area contributed by atoms with Crippen molar-refractivity contribution in [1.82, 2.24) is 14.5 Å². The minimum absolute atomic E-state index is 0.0232. The van der Waals surface area contributed by atoms with Crippen LogP contribution in [0.3, 0.4) is 0 Å². The third kappa shape index (κ3) is 2.90. The molecule has 22 heavy (non-hydrogen) atoms. The smallest absolute Gasteiger partial charge is 0.326 e. The van der Waals surface area contributed by atoms with Gasteiger partial charge in [0.15, 0.2) is 0 Å². The highest BCUT2D eigenvalue weighted by Crippen LogP contribution is 2.23. The van der Waals surface area contributed by atoms with E-state index in [0.717, 1.165) is 29.9 Å². The van der Waals surface area contributed by atoms with Crippen molar-refractivity contribution in [3.8, 4) is 5.75 Å². The van der Waals surface area contributed by atoms with Crippen molar-refractivity contribution in [3.63, 3.8) is 0 Å². The summed E-state index contributed by atoms with van der Waals surface area (Å²) < 4.78 is 7.10. The summed E-state index contributed by atoms with van der Waals surface area (Å²) in [4.78, 5) is 17.7. The van der Waals surface area contributed by atoms with E-state index in [1.165, 1.54) is 19.4 Å². The third-order valence-corrected chi connectivity index (χ3v) is 4.70. The first-order chi connectivity index (χ1) is 10.6.